The molecule has 0 saturated carbocycles. The van der Waals surface area contributed by atoms with E-state index < -0.39 is 0 Å². The van der Waals surface area contributed by atoms with Gasteiger partial charge in [0.2, 0.25) is 0 Å². The average molecular weight is 720 g/mol. The molecule has 0 aliphatic rings. The first kappa shape index (κ1) is 45.6. The summed E-state index contributed by atoms with van der Waals surface area (Å²) in [6.45, 7) is 14.0. The minimum atomic E-state index is -0.365. The molecule has 0 saturated heterocycles. The highest BCUT2D eigenvalue weighted by Crippen LogP contribution is 2.11. The van der Waals surface area contributed by atoms with Gasteiger partial charge in [-0.3, -0.25) is 4.79 Å². The second kappa shape index (κ2) is 36.4. The van der Waals surface area contributed by atoms with E-state index in [9.17, 15) is 9.59 Å². The fourth-order valence-electron chi connectivity index (χ4n) is 3.74. The lowest BCUT2D eigenvalue weighted by molar-refractivity contribution is -0.142. The van der Waals surface area contributed by atoms with Crippen molar-refractivity contribution in [1.29, 1.82) is 0 Å². The van der Waals surface area contributed by atoms with E-state index in [1.165, 1.54) is 6.92 Å². The molecule has 50 heavy (non-hydrogen) atoms. The number of esters is 2. The largest absolute Gasteiger partial charge is 0.463 e. The number of anilines is 1. The monoisotopic (exact) mass is 719 g/mol. The van der Waals surface area contributed by atoms with Crippen LogP contribution in [-0.4, -0.2) is 164 Å². The summed E-state index contributed by atoms with van der Waals surface area (Å²) in [7, 11) is 0. The van der Waals surface area contributed by atoms with Crippen LogP contribution in [0.3, 0.4) is 0 Å². The zero-order valence-electron chi connectivity index (χ0n) is 30.2. The molecular formula is C35H61NO14. The molecule has 1 rings (SSSR count). The van der Waals surface area contributed by atoms with Crippen LogP contribution in [0.5, 0.6) is 0 Å². The Labute approximate surface area is 297 Å². The van der Waals surface area contributed by atoms with Crippen LogP contribution in [0.2, 0.25) is 0 Å². The lowest BCUT2D eigenvalue weighted by Crippen LogP contribution is -2.15. The van der Waals surface area contributed by atoms with Gasteiger partial charge in [-0.15, -0.1) is 0 Å². The van der Waals surface area contributed by atoms with Gasteiger partial charge in [-0.25, -0.2) is 4.79 Å². The van der Waals surface area contributed by atoms with Gasteiger partial charge in [0, 0.05) is 19.2 Å². The number of carbonyl (C=O) groups is 2. The molecule has 0 spiro atoms. The highest BCUT2D eigenvalue weighted by molar-refractivity contribution is 5.89. The Morgan fingerprint density at radius 2 is 0.760 bits per heavy atom. The van der Waals surface area contributed by atoms with E-state index in [0.29, 0.717) is 138 Å². The van der Waals surface area contributed by atoms with Crippen LogP contribution in [-0.2, 0) is 61.6 Å². The van der Waals surface area contributed by atoms with Gasteiger partial charge in [-0.2, -0.15) is 0 Å². The first-order valence-corrected chi connectivity index (χ1v) is 17.5. The molecule has 1 N–H and O–H groups in total. The van der Waals surface area contributed by atoms with Gasteiger partial charge >= 0.3 is 11.9 Å². The predicted octanol–water partition coefficient (Wildman–Crippen LogP) is 2.78. The van der Waals surface area contributed by atoms with Crippen LogP contribution in [0.25, 0.3) is 0 Å². The fraction of sp³-hybridized carbons (Fsp3) is 0.771. The Bertz CT molecular complexity index is 893. The third-order valence-corrected chi connectivity index (χ3v) is 6.32. The Morgan fingerprint density at radius 3 is 1.06 bits per heavy atom. The molecule has 15 nitrogen and oxygen atoms in total. The molecule has 0 heterocycles. The van der Waals surface area contributed by atoms with Gasteiger partial charge in [0.05, 0.1) is 138 Å². The normalized spacial score (nSPS) is 11.2. The second-order valence-electron chi connectivity index (χ2n) is 10.5. The zero-order valence-corrected chi connectivity index (χ0v) is 30.2. The Morgan fingerprint density at radius 1 is 0.460 bits per heavy atom. The third kappa shape index (κ3) is 31.5. The van der Waals surface area contributed by atoms with E-state index in [2.05, 4.69) is 12.2 Å². The minimum absolute atomic E-state index is 0.186. The van der Waals surface area contributed by atoms with E-state index in [0.717, 1.165) is 25.1 Å². The molecule has 0 fully saturated rings. The standard InChI is InChI=1S/C35H61NO14/c1-3-4-9-36-34-7-5-33(6-8-34)35(38)50-31-29-48-27-25-46-23-21-44-19-17-42-15-13-40-11-10-39-12-14-41-16-18-43-20-22-45-24-26-47-28-30-49-32(2)37/h5-8,36H,3-4,9-31H2,1-2H3. The van der Waals surface area contributed by atoms with E-state index in [1.54, 1.807) is 12.1 Å². The van der Waals surface area contributed by atoms with Crippen molar-refractivity contribution in [2.75, 3.05) is 157 Å². The summed E-state index contributed by atoms with van der Waals surface area (Å²) in [6.07, 6.45) is 2.24. The highest BCUT2D eigenvalue weighted by atomic mass is 16.6. The molecule has 0 aliphatic carbocycles. The van der Waals surface area contributed by atoms with Gasteiger partial charge in [0.25, 0.3) is 0 Å². The summed E-state index contributed by atoms with van der Waals surface area (Å²) in [5.41, 5.74) is 1.51. The van der Waals surface area contributed by atoms with Gasteiger partial charge in [0.1, 0.15) is 13.2 Å². The van der Waals surface area contributed by atoms with Crippen molar-refractivity contribution in [1.82, 2.24) is 0 Å². The zero-order chi connectivity index (χ0) is 36.0. The SMILES string of the molecule is CCCCNc1ccc(C(=O)OCCOCCOCCOCCOCCOCCOCCOCCOCCOCCOCCOC(C)=O)cc1. The predicted molar refractivity (Wildman–Crippen MR) is 185 cm³/mol. The van der Waals surface area contributed by atoms with E-state index in [-0.39, 0.29) is 25.2 Å². The first-order valence-electron chi connectivity index (χ1n) is 17.5. The van der Waals surface area contributed by atoms with Gasteiger partial charge < -0.3 is 62.2 Å². The molecule has 0 amide bonds. The van der Waals surface area contributed by atoms with Gasteiger partial charge in [-0.05, 0) is 30.7 Å². The van der Waals surface area contributed by atoms with E-state index in [1.807, 2.05) is 12.1 Å². The summed E-state index contributed by atoms with van der Waals surface area (Å²) >= 11 is 0. The fourth-order valence-corrected chi connectivity index (χ4v) is 3.74. The molecule has 0 aliphatic heterocycles. The van der Waals surface area contributed by atoms with Gasteiger partial charge in [-0.1, -0.05) is 13.3 Å². The topological polar surface area (TPSA) is 157 Å². The van der Waals surface area contributed by atoms with Crippen LogP contribution < -0.4 is 5.32 Å². The van der Waals surface area contributed by atoms with Crippen molar-refractivity contribution >= 4 is 17.6 Å². The van der Waals surface area contributed by atoms with Crippen molar-refractivity contribution in [3.8, 4) is 0 Å². The number of unbranched alkanes of at least 4 members (excludes halogenated alkanes) is 1. The molecule has 0 aromatic heterocycles. The molecule has 0 unspecified atom stereocenters. The molecule has 290 valence electrons. The number of carbonyl (C=O) groups excluding carboxylic acids is 2. The summed E-state index contributed by atoms with van der Waals surface area (Å²) in [4.78, 5) is 22.7. The molecular weight excluding hydrogens is 658 g/mol. The number of nitrogens with one attached hydrogen (secondary N) is 1. The summed E-state index contributed by atoms with van der Waals surface area (Å²) < 4.78 is 64.3. The number of hydrogen-bond donors (Lipinski definition) is 1. The highest BCUT2D eigenvalue weighted by Gasteiger charge is 2.07. The molecule has 0 radical (unpaired) electrons. The third-order valence-electron chi connectivity index (χ3n) is 6.32. The average Bonchev–Trinajstić information content (AvgIpc) is 3.12. The van der Waals surface area contributed by atoms with E-state index in [4.69, 9.17) is 56.8 Å². The number of benzene rings is 1. The molecule has 0 bridgehead atoms. The van der Waals surface area contributed by atoms with Crippen LogP contribution in [0.1, 0.15) is 37.0 Å². The molecule has 1 aromatic carbocycles. The van der Waals surface area contributed by atoms with Crippen LogP contribution >= 0.6 is 0 Å². The van der Waals surface area contributed by atoms with Crippen LogP contribution in [0.15, 0.2) is 24.3 Å². The van der Waals surface area contributed by atoms with Crippen molar-refractivity contribution < 1.29 is 66.4 Å². The van der Waals surface area contributed by atoms with Crippen LogP contribution in [0.4, 0.5) is 5.69 Å². The number of hydrogen-bond acceptors (Lipinski definition) is 15. The Hall–Kier alpha value is -2.44. The van der Waals surface area contributed by atoms with Gasteiger partial charge in [0.15, 0.2) is 0 Å². The van der Waals surface area contributed by atoms with E-state index >= 15 is 0 Å². The van der Waals surface area contributed by atoms with Crippen molar-refractivity contribution in [2.45, 2.75) is 26.7 Å². The Balaban J connectivity index is 1.69. The molecule has 0 atom stereocenters. The number of ether oxygens (including phenoxy) is 12. The summed E-state index contributed by atoms with van der Waals surface area (Å²) in [5, 5.41) is 3.31. The molecule has 15 heteroatoms. The lowest BCUT2D eigenvalue weighted by Gasteiger charge is -2.09. The second-order valence-corrected chi connectivity index (χ2v) is 10.5. The quantitative estimate of drug-likeness (QED) is 0.0786. The maximum atomic E-state index is 12.1. The van der Waals surface area contributed by atoms with Crippen molar-refractivity contribution in [3.05, 3.63) is 29.8 Å². The van der Waals surface area contributed by atoms with Crippen molar-refractivity contribution in [2.24, 2.45) is 0 Å². The Kier molecular flexibility index (Phi) is 33.1. The molecule has 1 aromatic rings. The van der Waals surface area contributed by atoms with Crippen molar-refractivity contribution in [3.63, 3.8) is 0 Å². The summed E-state index contributed by atoms with van der Waals surface area (Å²) in [6, 6.07) is 7.28. The minimum Gasteiger partial charge on any atom is -0.463 e. The maximum absolute atomic E-state index is 12.1. The maximum Gasteiger partial charge on any atom is 0.338 e. The summed E-state index contributed by atoms with van der Waals surface area (Å²) in [5.74, 6) is -0.680. The van der Waals surface area contributed by atoms with Crippen LogP contribution in [0, 0.1) is 0 Å². The lowest BCUT2D eigenvalue weighted by atomic mass is 10.2. The smallest absolute Gasteiger partial charge is 0.338 e. The number of rotatable bonds is 38. The first-order chi connectivity index (χ1) is 24.6.